The Morgan fingerprint density at radius 3 is 2.27 bits per heavy atom. The summed E-state index contributed by atoms with van der Waals surface area (Å²) in [6.45, 7) is 1.44. The van der Waals surface area contributed by atoms with Crippen molar-refractivity contribution in [1.29, 1.82) is 0 Å². The number of nitrogens with one attached hydrogen (secondary N) is 3. The van der Waals surface area contributed by atoms with Crippen LogP contribution in [0.15, 0.2) is 47.4 Å². The third kappa shape index (κ3) is 4.09. The molecule has 1 heterocycles. The van der Waals surface area contributed by atoms with Crippen LogP contribution in [0.1, 0.15) is 27.6 Å². The van der Waals surface area contributed by atoms with Gasteiger partial charge in [0.2, 0.25) is 11.8 Å². The van der Waals surface area contributed by atoms with Crippen molar-refractivity contribution in [2.75, 3.05) is 16.4 Å². The van der Waals surface area contributed by atoms with Crippen LogP contribution in [0, 0.1) is 0 Å². The zero-order chi connectivity index (χ0) is 18.7. The van der Waals surface area contributed by atoms with E-state index in [1.54, 1.807) is 18.2 Å². The highest BCUT2D eigenvalue weighted by atomic mass is 32.2. The van der Waals surface area contributed by atoms with Gasteiger partial charge in [0.15, 0.2) is 0 Å². The Labute approximate surface area is 153 Å². The van der Waals surface area contributed by atoms with Gasteiger partial charge < -0.3 is 10.6 Å². The highest BCUT2D eigenvalue weighted by molar-refractivity contribution is 8.00. The largest absolute Gasteiger partial charge is 0.326 e. The molecule has 3 rings (SSSR count). The Balaban J connectivity index is 1.56. The molecule has 3 N–H and O–H groups in total. The molecular formula is C18H15N3O4S. The molecule has 132 valence electrons. The van der Waals surface area contributed by atoms with Gasteiger partial charge in [-0.2, -0.15) is 0 Å². The average Bonchev–Trinajstić information content (AvgIpc) is 2.88. The van der Waals surface area contributed by atoms with Crippen molar-refractivity contribution in [2.24, 2.45) is 0 Å². The summed E-state index contributed by atoms with van der Waals surface area (Å²) in [5.74, 6) is -1.09. The molecule has 0 unspecified atom stereocenters. The molecule has 2 aromatic carbocycles. The molecule has 26 heavy (non-hydrogen) atoms. The standard InChI is InChI=1S/C18H15N3O4S/c1-10(22)19-11-2-5-13(6-3-11)26-9-16(23)20-12-4-7-14-15(8-12)18(25)21-17(14)24/h2-8H,9H2,1H3,(H,19,22)(H,20,23)(H,21,24,25). The molecule has 0 saturated heterocycles. The van der Waals surface area contributed by atoms with Gasteiger partial charge in [0.25, 0.3) is 11.8 Å². The lowest BCUT2D eigenvalue weighted by Crippen LogP contribution is -2.19. The first-order valence-corrected chi connectivity index (χ1v) is 8.71. The minimum absolute atomic E-state index is 0.144. The summed E-state index contributed by atoms with van der Waals surface area (Å²) in [6, 6.07) is 11.7. The first kappa shape index (κ1) is 17.7. The van der Waals surface area contributed by atoms with E-state index in [1.807, 2.05) is 12.1 Å². The van der Waals surface area contributed by atoms with E-state index >= 15 is 0 Å². The molecule has 0 aliphatic carbocycles. The van der Waals surface area contributed by atoms with Crippen LogP contribution in [0.25, 0.3) is 0 Å². The molecule has 0 aromatic heterocycles. The van der Waals surface area contributed by atoms with Gasteiger partial charge >= 0.3 is 0 Å². The van der Waals surface area contributed by atoms with Crippen LogP contribution in [0.2, 0.25) is 0 Å². The molecule has 1 aliphatic heterocycles. The zero-order valence-corrected chi connectivity index (χ0v) is 14.6. The fourth-order valence-corrected chi connectivity index (χ4v) is 3.13. The third-order valence-corrected chi connectivity index (χ3v) is 4.58. The SMILES string of the molecule is CC(=O)Nc1ccc(SCC(=O)Nc2ccc3c(c2)C(=O)NC3=O)cc1. The smallest absolute Gasteiger partial charge is 0.259 e. The number of rotatable bonds is 5. The number of imide groups is 1. The molecular weight excluding hydrogens is 354 g/mol. The Kier molecular flexibility index (Phi) is 5.04. The number of benzene rings is 2. The Morgan fingerprint density at radius 1 is 0.923 bits per heavy atom. The molecule has 7 nitrogen and oxygen atoms in total. The lowest BCUT2D eigenvalue weighted by molar-refractivity contribution is -0.114. The number of thioether (sulfide) groups is 1. The van der Waals surface area contributed by atoms with Crippen LogP contribution in [0.3, 0.4) is 0 Å². The fourth-order valence-electron chi connectivity index (χ4n) is 2.43. The quantitative estimate of drug-likeness (QED) is 0.554. The first-order valence-electron chi connectivity index (χ1n) is 7.72. The maximum atomic E-state index is 12.1. The zero-order valence-electron chi connectivity index (χ0n) is 13.8. The summed E-state index contributed by atoms with van der Waals surface area (Å²) < 4.78 is 0. The topological polar surface area (TPSA) is 104 Å². The number of fused-ring (bicyclic) bond motifs is 1. The van der Waals surface area contributed by atoms with Crippen molar-refractivity contribution >= 4 is 46.8 Å². The van der Waals surface area contributed by atoms with Gasteiger partial charge in [0, 0.05) is 23.2 Å². The molecule has 4 amide bonds. The molecule has 0 atom stereocenters. The molecule has 2 aromatic rings. The fraction of sp³-hybridized carbons (Fsp3) is 0.111. The predicted molar refractivity (Wildman–Crippen MR) is 98.3 cm³/mol. The number of anilines is 2. The number of carbonyl (C=O) groups is 4. The number of amides is 4. The van der Waals surface area contributed by atoms with Crippen LogP contribution in [-0.4, -0.2) is 29.4 Å². The van der Waals surface area contributed by atoms with Gasteiger partial charge in [-0.1, -0.05) is 0 Å². The van der Waals surface area contributed by atoms with Crippen molar-refractivity contribution < 1.29 is 19.2 Å². The van der Waals surface area contributed by atoms with E-state index in [1.165, 1.54) is 30.8 Å². The van der Waals surface area contributed by atoms with E-state index < -0.39 is 11.8 Å². The minimum atomic E-state index is -0.463. The van der Waals surface area contributed by atoms with E-state index in [2.05, 4.69) is 16.0 Å². The van der Waals surface area contributed by atoms with Gasteiger partial charge in [-0.05, 0) is 42.5 Å². The Hall–Kier alpha value is -3.13. The second-order valence-corrected chi connectivity index (χ2v) is 6.63. The van der Waals surface area contributed by atoms with Crippen LogP contribution < -0.4 is 16.0 Å². The summed E-state index contributed by atoms with van der Waals surface area (Å²) >= 11 is 1.34. The summed E-state index contributed by atoms with van der Waals surface area (Å²) in [7, 11) is 0. The van der Waals surface area contributed by atoms with Crippen LogP contribution in [0.4, 0.5) is 11.4 Å². The maximum absolute atomic E-state index is 12.1. The van der Waals surface area contributed by atoms with E-state index in [-0.39, 0.29) is 23.1 Å². The monoisotopic (exact) mass is 369 g/mol. The molecule has 8 heteroatoms. The van der Waals surface area contributed by atoms with Crippen LogP contribution in [0.5, 0.6) is 0 Å². The lowest BCUT2D eigenvalue weighted by Gasteiger charge is -2.07. The highest BCUT2D eigenvalue weighted by Gasteiger charge is 2.26. The molecule has 0 spiro atoms. The Bertz CT molecular complexity index is 909. The second kappa shape index (κ2) is 7.40. The van der Waals surface area contributed by atoms with Crippen molar-refractivity contribution in [3.8, 4) is 0 Å². The first-order chi connectivity index (χ1) is 12.4. The molecule has 0 radical (unpaired) electrons. The lowest BCUT2D eigenvalue weighted by atomic mass is 10.1. The molecule has 0 saturated carbocycles. The third-order valence-electron chi connectivity index (χ3n) is 3.56. The van der Waals surface area contributed by atoms with Crippen molar-refractivity contribution in [3.05, 3.63) is 53.6 Å². The Morgan fingerprint density at radius 2 is 1.58 bits per heavy atom. The summed E-state index contributed by atoms with van der Waals surface area (Å²) in [5.41, 5.74) is 1.72. The van der Waals surface area contributed by atoms with Gasteiger partial charge in [-0.25, -0.2) is 0 Å². The second-order valence-electron chi connectivity index (χ2n) is 5.59. The van der Waals surface area contributed by atoms with Crippen molar-refractivity contribution in [3.63, 3.8) is 0 Å². The normalized spacial score (nSPS) is 12.3. The van der Waals surface area contributed by atoms with Crippen LogP contribution in [-0.2, 0) is 9.59 Å². The van der Waals surface area contributed by atoms with E-state index in [0.29, 0.717) is 16.9 Å². The number of carbonyl (C=O) groups excluding carboxylic acids is 4. The van der Waals surface area contributed by atoms with E-state index in [0.717, 1.165) is 4.90 Å². The maximum Gasteiger partial charge on any atom is 0.259 e. The molecule has 0 fully saturated rings. The summed E-state index contributed by atoms with van der Waals surface area (Å²) in [4.78, 5) is 47.1. The van der Waals surface area contributed by atoms with Gasteiger partial charge in [0.1, 0.15) is 0 Å². The molecule has 0 bridgehead atoms. The van der Waals surface area contributed by atoms with Crippen molar-refractivity contribution in [1.82, 2.24) is 5.32 Å². The van der Waals surface area contributed by atoms with Gasteiger partial charge in [-0.15, -0.1) is 11.8 Å². The highest BCUT2D eigenvalue weighted by Crippen LogP contribution is 2.22. The van der Waals surface area contributed by atoms with Crippen molar-refractivity contribution in [2.45, 2.75) is 11.8 Å². The summed E-state index contributed by atoms with van der Waals surface area (Å²) in [5, 5.41) is 7.58. The molecule has 1 aliphatic rings. The van der Waals surface area contributed by atoms with Crippen LogP contribution >= 0.6 is 11.8 Å². The van der Waals surface area contributed by atoms with Gasteiger partial charge in [0.05, 0.1) is 16.9 Å². The average molecular weight is 369 g/mol. The summed E-state index contributed by atoms with van der Waals surface area (Å²) in [6.07, 6.45) is 0. The van der Waals surface area contributed by atoms with Gasteiger partial charge in [-0.3, -0.25) is 24.5 Å². The van der Waals surface area contributed by atoms with E-state index in [4.69, 9.17) is 0 Å². The minimum Gasteiger partial charge on any atom is -0.326 e. The van der Waals surface area contributed by atoms with E-state index in [9.17, 15) is 19.2 Å². The number of hydrogen-bond donors (Lipinski definition) is 3. The predicted octanol–water partition coefficient (Wildman–Crippen LogP) is 2.26. The number of hydrogen-bond acceptors (Lipinski definition) is 5.